The molecule has 17 heavy (non-hydrogen) atoms. The summed E-state index contributed by atoms with van der Waals surface area (Å²) in [5.74, 6) is 0.263. The molecule has 0 aliphatic carbocycles. The van der Waals surface area contributed by atoms with Crippen LogP contribution in [-0.2, 0) is 9.53 Å². The number of carbonyl (C=O) groups is 1. The molecule has 0 radical (unpaired) electrons. The molecule has 4 nitrogen and oxygen atoms in total. The number of hydrogen-bond acceptors (Lipinski definition) is 3. The van der Waals surface area contributed by atoms with E-state index in [1.54, 1.807) is 0 Å². The number of nitrogens with one attached hydrogen (secondary N) is 2. The third kappa shape index (κ3) is 3.68. The summed E-state index contributed by atoms with van der Waals surface area (Å²) in [6.45, 7) is 6.63. The summed E-state index contributed by atoms with van der Waals surface area (Å²) in [7, 11) is 0. The van der Waals surface area contributed by atoms with Crippen molar-refractivity contribution in [2.75, 3.05) is 32.8 Å². The summed E-state index contributed by atoms with van der Waals surface area (Å²) in [6, 6.07) is 0. The fourth-order valence-corrected chi connectivity index (χ4v) is 2.60. The average molecular weight is 240 g/mol. The van der Waals surface area contributed by atoms with Crippen LogP contribution in [0, 0.1) is 11.3 Å². The standard InChI is InChI=1S/C13H24N2O2/c1-13(4-6-14-7-5-13)10-15-12(16)11-3-2-8-17-9-11/h11,14H,2-10H2,1H3,(H,15,16). The van der Waals surface area contributed by atoms with Crippen molar-refractivity contribution in [3.63, 3.8) is 0 Å². The van der Waals surface area contributed by atoms with Gasteiger partial charge in [0.2, 0.25) is 5.91 Å². The Morgan fingerprint density at radius 3 is 2.88 bits per heavy atom. The predicted molar refractivity (Wildman–Crippen MR) is 66.8 cm³/mol. The van der Waals surface area contributed by atoms with Gasteiger partial charge in [-0.05, 0) is 44.2 Å². The largest absolute Gasteiger partial charge is 0.381 e. The van der Waals surface area contributed by atoms with Crippen molar-refractivity contribution < 1.29 is 9.53 Å². The van der Waals surface area contributed by atoms with Crippen LogP contribution >= 0.6 is 0 Å². The molecule has 1 atom stereocenters. The first kappa shape index (κ1) is 12.8. The molecule has 2 aliphatic heterocycles. The molecule has 2 fully saturated rings. The van der Waals surface area contributed by atoms with Gasteiger partial charge in [0.25, 0.3) is 0 Å². The summed E-state index contributed by atoms with van der Waals surface area (Å²) in [6.07, 6.45) is 4.28. The maximum absolute atomic E-state index is 12.0. The molecule has 0 bridgehead atoms. The topological polar surface area (TPSA) is 50.4 Å². The van der Waals surface area contributed by atoms with Crippen molar-refractivity contribution >= 4 is 5.91 Å². The summed E-state index contributed by atoms with van der Waals surface area (Å²) in [5.41, 5.74) is 0.274. The van der Waals surface area contributed by atoms with E-state index in [-0.39, 0.29) is 17.2 Å². The van der Waals surface area contributed by atoms with Gasteiger partial charge in [0.1, 0.15) is 0 Å². The monoisotopic (exact) mass is 240 g/mol. The zero-order valence-corrected chi connectivity index (χ0v) is 10.8. The second-order valence-electron chi connectivity index (χ2n) is 5.69. The van der Waals surface area contributed by atoms with E-state index in [2.05, 4.69) is 17.6 Å². The molecule has 2 heterocycles. The zero-order chi connectivity index (χ0) is 12.1. The molecule has 0 aromatic rings. The zero-order valence-electron chi connectivity index (χ0n) is 10.8. The molecule has 98 valence electrons. The molecule has 2 rings (SSSR count). The molecule has 2 N–H and O–H groups in total. The van der Waals surface area contributed by atoms with Crippen LogP contribution in [0.4, 0.5) is 0 Å². The maximum atomic E-state index is 12.0. The first-order chi connectivity index (χ1) is 8.20. The van der Waals surface area contributed by atoms with E-state index in [0.29, 0.717) is 6.61 Å². The van der Waals surface area contributed by atoms with Gasteiger partial charge >= 0.3 is 0 Å². The van der Waals surface area contributed by atoms with Gasteiger partial charge in [-0.2, -0.15) is 0 Å². The molecular formula is C13H24N2O2. The Labute approximate surface area is 103 Å². The Morgan fingerprint density at radius 1 is 1.47 bits per heavy atom. The van der Waals surface area contributed by atoms with Crippen molar-refractivity contribution in [3.8, 4) is 0 Å². The Morgan fingerprint density at radius 2 is 2.24 bits per heavy atom. The van der Waals surface area contributed by atoms with Crippen molar-refractivity contribution in [2.45, 2.75) is 32.6 Å². The van der Waals surface area contributed by atoms with Gasteiger partial charge in [0.15, 0.2) is 0 Å². The Hall–Kier alpha value is -0.610. The number of amides is 1. The molecule has 1 unspecified atom stereocenters. The quantitative estimate of drug-likeness (QED) is 0.771. The SMILES string of the molecule is CC1(CNC(=O)C2CCCOC2)CCNCC1. The molecular weight excluding hydrogens is 216 g/mol. The van der Waals surface area contributed by atoms with Gasteiger partial charge in [-0.1, -0.05) is 6.92 Å². The van der Waals surface area contributed by atoms with E-state index in [1.165, 1.54) is 0 Å². The lowest BCUT2D eigenvalue weighted by molar-refractivity contribution is -0.129. The number of hydrogen-bond donors (Lipinski definition) is 2. The van der Waals surface area contributed by atoms with Crippen LogP contribution in [-0.4, -0.2) is 38.8 Å². The van der Waals surface area contributed by atoms with E-state index >= 15 is 0 Å². The van der Waals surface area contributed by atoms with Crippen molar-refractivity contribution in [2.24, 2.45) is 11.3 Å². The van der Waals surface area contributed by atoms with Gasteiger partial charge in [-0.15, -0.1) is 0 Å². The van der Waals surface area contributed by atoms with Crippen molar-refractivity contribution in [3.05, 3.63) is 0 Å². The number of piperidine rings is 1. The second kappa shape index (κ2) is 5.83. The fraction of sp³-hybridized carbons (Fsp3) is 0.923. The minimum atomic E-state index is 0.0778. The average Bonchev–Trinajstić information content (AvgIpc) is 2.38. The molecule has 2 saturated heterocycles. The van der Waals surface area contributed by atoms with Crippen LogP contribution in [0.2, 0.25) is 0 Å². The first-order valence-electron chi connectivity index (χ1n) is 6.76. The van der Waals surface area contributed by atoms with E-state index in [9.17, 15) is 4.79 Å². The van der Waals surface area contributed by atoms with Crippen molar-refractivity contribution in [1.82, 2.24) is 10.6 Å². The lowest BCUT2D eigenvalue weighted by Gasteiger charge is -2.34. The maximum Gasteiger partial charge on any atom is 0.225 e. The van der Waals surface area contributed by atoms with Crippen LogP contribution in [0.15, 0.2) is 0 Å². The minimum absolute atomic E-state index is 0.0778. The lowest BCUT2D eigenvalue weighted by Crippen LogP contribution is -2.45. The molecule has 2 aliphatic rings. The summed E-state index contributed by atoms with van der Waals surface area (Å²) in [4.78, 5) is 12.0. The van der Waals surface area contributed by atoms with Gasteiger partial charge in [-0.3, -0.25) is 4.79 Å². The lowest BCUT2D eigenvalue weighted by atomic mass is 9.81. The van der Waals surface area contributed by atoms with Crippen LogP contribution in [0.1, 0.15) is 32.6 Å². The summed E-state index contributed by atoms with van der Waals surface area (Å²) < 4.78 is 5.35. The molecule has 0 aromatic carbocycles. The van der Waals surface area contributed by atoms with Gasteiger partial charge in [0.05, 0.1) is 12.5 Å². The van der Waals surface area contributed by atoms with Crippen LogP contribution in [0.25, 0.3) is 0 Å². The Balaban J connectivity index is 1.74. The van der Waals surface area contributed by atoms with E-state index in [0.717, 1.165) is 51.9 Å². The highest BCUT2D eigenvalue weighted by Gasteiger charge is 2.29. The summed E-state index contributed by atoms with van der Waals surface area (Å²) >= 11 is 0. The first-order valence-corrected chi connectivity index (χ1v) is 6.76. The predicted octanol–water partition coefficient (Wildman–Crippen LogP) is 0.919. The molecule has 1 amide bonds. The molecule has 4 heteroatoms. The smallest absolute Gasteiger partial charge is 0.225 e. The molecule has 0 saturated carbocycles. The number of ether oxygens (including phenoxy) is 1. The summed E-state index contributed by atoms with van der Waals surface area (Å²) in [5, 5.41) is 6.47. The van der Waals surface area contributed by atoms with Gasteiger partial charge in [0, 0.05) is 13.2 Å². The van der Waals surface area contributed by atoms with Crippen molar-refractivity contribution in [1.29, 1.82) is 0 Å². The molecule has 0 spiro atoms. The van der Waals surface area contributed by atoms with E-state index in [4.69, 9.17) is 4.74 Å². The normalized spacial score (nSPS) is 28.6. The van der Waals surface area contributed by atoms with Crippen LogP contribution in [0.3, 0.4) is 0 Å². The highest BCUT2D eigenvalue weighted by atomic mass is 16.5. The third-order valence-corrected chi connectivity index (χ3v) is 4.03. The highest BCUT2D eigenvalue weighted by Crippen LogP contribution is 2.27. The number of carbonyl (C=O) groups excluding carboxylic acids is 1. The highest BCUT2D eigenvalue weighted by molar-refractivity contribution is 5.78. The van der Waals surface area contributed by atoms with E-state index in [1.807, 2.05) is 0 Å². The van der Waals surface area contributed by atoms with Gasteiger partial charge in [-0.25, -0.2) is 0 Å². The van der Waals surface area contributed by atoms with E-state index < -0.39 is 0 Å². The van der Waals surface area contributed by atoms with Crippen LogP contribution < -0.4 is 10.6 Å². The van der Waals surface area contributed by atoms with Crippen LogP contribution in [0.5, 0.6) is 0 Å². The molecule has 0 aromatic heterocycles. The number of rotatable bonds is 3. The Bertz CT molecular complexity index is 256. The van der Waals surface area contributed by atoms with Gasteiger partial charge < -0.3 is 15.4 Å². The third-order valence-electron chi connectivity index (χ3n) is 4.03. The second-order valence-corrected chi connectivity index (χ2v) is 5.69. The Kier molecular flexibility index (Phi) is 4.40. The fourth-order valence-electron chi connectivity index (χ4n) is 2.60. The minimum Gasteiger partial charge on any atom is -0.381 e.